The summed E-state index contributed by atoms with van der Waals surface area (Å²) in [6, 6.07) is 9.69. The van der Waals surface area contributed by atoms with Crippen molar-refractivity contribution in [2.24, 2.45) is 5.14 Å². The fraction of sp³-hybridized carbons (Fsp3) is 0.350. The number of carbonyl (C=O) groups is 1. The van der Waals surface area contributed by atoms with Crippen LogP contribution in [0.2, 0.25) is 0 Å². The van der Waals surface area contributed by atoms with Crippen LogP contribution in [0, 0.1) is 0 Å². The molecule has 0 fully saturated rings. The third-order valence-corrected chi connectivity index (χ3v) is 5.08. The summed E-state index contributed by atoms with van der Waals surface area (Å²) in [6.07, 6.45) is 0.404. The van der Waals surface area contributed by atoms with Crippen molar-refractivity contribution in [3.8, 4) is 5.75 Å². The zero-order valence-electron chi connectivity index (χ0n) is 15.3. The zero-order chi connectivity index (χ0) is 20.7. The van der Waals surface area contributed by atoms with Crippen LogP contribution < -0.4 is 9.88 Å². The number of benzene rings is 2. The van der Waals surface area contributed by atoms with E-state index in [1.165, 1.54) is 30.0 Å². The second-order valence-electron chi connectivity index (χ2n) is 6.38. The molecule has 1 aliphatic rings. The molecule has 0 bridgehead atoms. The molecule has 0 aromatic heterocycles. The van der Waals surface area contributed by atoms with Crippen molar-refractivity contribution in [1.29, 1.82) is 0 Å². The molecular formula is C20H21BrF3NO2S. The maximum atomic E-state index is 12.2. The third kappa shape index (κ3) is 6.83. The summed E-state index contributed by atoms with van der Waals surface area (Å²) in [5.41, 5.74) is 2.00. The van der Waals surface area contributed by atoms with Crippen molar-refractivity contribution in [2.45, 2.75) is 43.7 Å². The number of carbonyl (C=O) groups excluding carboxylic acids is 1. The number of rotatable bonds is 4. The van der Waals surface area contributed by atoms with Gasteiger partial charge in [0.25, 0.3) is 0 Å². The summed E-state index contributed by atoms with van der Waals surface area (Å²) in [4.78, 5) is 11.2. The van der Waals surface area contributed by atoms with Gasteiger partial charge in [-0.1, -0.05) is 28.1 Å². The Kier molecular flexibility index (Phi) is 8.39. The lowest BCUT2D eigenvalue weighted by Gasteiger charge is -2.18. The van der Waals surface area contributed by atoms with E-state index in [1.54, 1.807) is 6.92 Å². The average Bonchev–Trinajstić information content (AvgIpc) is 2.65. The van der Waals surface area contributed by atoms with Crippen LogP contribution in [0.15, 0.2) is 45.8 Å². The predicted octanol–water partition coefficient (Wildman–Crippen LogP) is 5.97. The van der Waals surface area contributed by atoms with Crippen LogP contribution in [0.25, 0.3) is 0 Å². The van der Waals surface area contributed by atoms with Gasteiger partial charge in [-0.05, 0) is 79.9 Å². The van der Waals surface area contributed by atoms with E-state index in [-0.39, 0.29) is 12.4 Å². The average molecular weight is 476 g/mol. The van der Waals surface area contributed by atoms with E-state index < -0.39 is 11.7 Å². The second kappa shape index (κ2) is 10.3. The molecule has 152 valence electrons. The number of Topliss-reactive ketones (excluding diaryl/α,β-unsaturated/α-hetero) is 1. The normalized spacial score (nSPS) is 13.2. The lowest BCUT2D eigenvalue weighted by Crippen LogP contribution is -2.10. The molecule has 3 nitrogen and oxygen atoms in total. The molecule has 0 amide bonds. The van der Waals surface area contributed by atoms with Gasteiger partial charge in [0.1, 0.15) is 12.4 Å². The van der Waals surface area contributed by atoms with E-state index in [9.17, 15) is 18.0 Å². The Morgan fingerprint density at radius 1 is 1.21 bits per heavy atom. The molecule has 1 aliphatic carbocycles. The van der Waals surface area contributed by atoms with Crippen molar-refractivity contribution in [2.75, 3.05) is 6.61 Å². The minimum atomic E-state index is -4.33. The molecule has 0 atom stereocenters. The Balaban J connectivity index is 0.000000203. The van der Waals surface area contributed by atoms with E-state index in [1.807, 2.05) is 12.1 Å². The molecule has 2 N–H and O–H groups in total. The smallest absolute Gasteiger partial charge is 0.416 e. The molecule has 0 saturated carbocycles. The van der Waals surface area contributed by atoms with E-state index in [2.05, 4.69) is 22.0 Å². The van der Waals surface area contributed by atoms with Gasteiger partial charge in [-0.3, -0.25) is 9.93 Å². The van der Waals surface area contributed by atoms with Gasteiger partial charge in [0, 0.05) is 9.37 Å². The van der Waals surface area contributed by atoms with Crippen molar-refractivity contribution in [3.05, 3.63) is 57.6 Å². The van der Waals surface area contributed by atoms with E-state index in [4.69, 9.17) is 9.88 Å². The van der Waals surface area contributed by atoms with Crippen LogP contribution in [0.4, 0.5) is 13.2 Å². The van der Waals surface area contributed by atoms with Gasteiger partial charge in [-0.2, -0.15) is 13.2 Å². The lowest BCUT2D eigenvalue weighted by molar-refractivity contribution is -0.137. The van der Waals surface area contributed by atoms with E-state index >= 15 is 0 Å². The number of hydrogen-bond acceptors (Lipinski definition) is 4. The quantitative estimate of drug-likeness (QED) is 0.553. The van der Waals surface area contributed by atoms with Gasteiger partial charge in [-0.15, -0.1) is 0 Å². The van der Waals surface area contributed by atoms with Crippen LogP contribution in [-0.2, 0) is 23.8 Å². The summed E-state index contributed by atoms with van der Waals surface area (Å²) in [5, 5.41) is 5.16. The molecular weight excluding hydrogens is 455 g/mol. The van der Waals surface area contributed by atoms with Crippen LogP contribution >= 0.6 is 27.9 Å². The molecule has 0 heterocycles. The first-order valence-electron chi connectivity index (χ1n) is 8.68. The number of fused-ring (bicyclic) bond motifs is 1. The van der Waals surface area contributed by atoms with Gasteiger partial charge < -0.3 is 4.74 Å². The second-order valence-corrected chi connectivity index (χ2v) is 8.01. The van der Waals surface area contributed by atoms with Gasteiger partial charge in [0.15, 0.2) is 5.78 Å². The molecule has 8 heteroatoms. The van der Waals surface area contributed by atoms with E-state index in [0.29, 0.717) is 9.37 Å². The Morgan fingerprint density at radius 3 is 2.57 bits per heavy atom. The maximum absolute atomic E-state index is 12.2. The van der Waals surface area contributed by atoms with Gasteiger partial charge in [0.05, 0.1) is 5.56 Å². The highest BCUT2D eigenvalue weighted by Crippen LogP contribution is 2.33. The Hall–Kier alpha value is -1.51. The molecule has 2 aromatic carbocycles. The number of nitrogens with two attached hydrogens (primary N) is 1. The monoisotopic (exact) mass is 475 g/mol. The fourth-order valence-corrected chi connectivity index (χ4v) is 3.89. The fourth-order valence-electron chi connectivity index (χ4n) is 2.86. The number of ether oxygens (including phenoxy) is 1. The molecule has 0 unspecified atom stereocenters. The summed E-state index contributed by atoms with van der Waals surface area (Å²) in [5.74, 6) is 0.978. The van der Waals surface area contributed by atoms with Crippen LogP contribution in [-0.4, -0.2) is 12.4 Å². The summed E-state index contributed by atoms with van der Waals surface area (Å²) < 4.78 is 42.5. The van der Waals surface area contributed by atoms with Crippen LogP contribution in [0.5, 0.6) is 5.75 Å². The molecule has 0 spiro atoms. The summed E-state index contributed by atoms with van der Waals surface area (Å²) in [6.45, 7) is 1.74. The van der Waals surface area contributed by atoms with Crippen LogP contribution in [0.3, 0.4) is 0 Å². The van der Waals surface area contributed by atoms with Gasteiger partial charge in [0.2, 0.25) is 0 Å². The molecule has 0 saturated heterocycles. The number of alkyl halides is 3. The highest BCUT2D eigenvalue weighted by atomic mass is 79.9. The molecule has 2 aromatic rings. The topological polar surface area (TPSA) is 52.3 Å². The minimum absolute atomic E-state index is 0.0726. The largest absolute Gasteiger partial charge is 0.486 e. The molecule has 28 heavy (non-hydrogen) atoms. The maximum Gasteiger partial charge on any atom is 0.416 e. The van der Waals surface area contributed by atoms with Crippen molar-refractivity contribution in [1.82, 2.24) is 0 Å². The summed E-state index contributed by atoms with van der Waals surface area (Å²) >= 11 is 3.76. The third-order valence-electron chi connectivity index (χ3n) is 4.12. The number of aryl methyl sites for hydroxylation is 1. The number of halogens is 4. The molecule has 0 radical (unpaired) electrons. The predicted molar refractivity (Wildman–Crippen MR) is 108 cm³/mol. The molecule has 3 rings (SSSR count). The SMILES string of the molecule is CC(=O)COc1cccc2c1CCCC2.NSc1cc(Br)cc(C(F)(F)F)c1. The first-order valence-corrected chi connectivity index (χ1v) is 10.4. The highest BCUT2D eigenvalue weighted by Gasteiger charge is 2.31. The van der Waals surface area contributed by atoms with Crippen molar-refractivity contribution in [3.63, 3.8) is 0 Å². The van der Waals surface area contributed by atoms with Gasteiger partial charge >= 0.3 is 6.18 Å². The van der Waals surface area contributed by atoms with Crippen molar-refractivity contribution >= 4 is 33.7 Å². The lowest BCUT2D eigenvalue weighted by atomic mass is 9.91. The number of hydrogen-bond donors (Lipinski definition) is 1. The highest BCUT2D eigenvalue weighted by molar-refractivity contribution is 9.10. The van der Waals surface area contributed by atoms with Gasteiger partial charge in [-0.25, -0.2) is 0 Å². The van der Waals surface area contributed by atoms with E-state index in [0.717, 1.165) is 42.7 Å². The first-order chi connectivity index (χ1) is 13.2. The zero-order valence-corrected chi connectivity index (χ0v) is 17.7. The number of ketones is 1. The molecule has 0 aliphatic heterocycles. The van der Waals surface area contributed by atoms with Crippen LogP contribution in [0.1, 0.15) is 36.5 Å². The standard InChI is InChI=1S/C13H16O2.C7H5BrF3NS/c1-10(14)9-15-13-8-4-6-11-5-2-3-7-12(11)13;8-5-1-4(7(9,10)11)2-6(3-5)13-12/h4,6,8H,2-3,5,7,9H2,1H3;1-3H,12H2. The Bertz CT molecular complexity index is 828. The Labute approximate surface area is 175 Å². The summed E-state index contributed by atoms with van der Waals surface area (Å²) in [7, 11) is 0. The Morgan fingerprint density at radius 2 is 1.93 bits per heavy atom. The minimum Gasteiger partial charge on any atom is -0.486 e. The van der Waals surface area contributed by atoms with Crippen molar-refractivity contribution < 1.29 is 22.7 Å². The first kappa shape index (κ1) is 22.8.